The van der Waals surface area contributed by atoms with E-state index in [4.69, 9.17) is 21.8 Å². The Balaban J connectivity index is 1.52. The van der Waals surface area contributed by atoms with Crippen molar-refractivity contribution in [3.05, 3.63) is 63.3 Å². The molecule has 0 radical (unpaired) electrons. The van der Waals surface area contributed by atoms with Gasteiger partial charge in [-0.05, 0) is 37.5 Å². The van der Waals surface area contributed by atoms with Gasteiger partial charge in [0, 0.05) is 18.0 Å². The molecule has 1 aromatic carbocycles. The number of aromatic nitrogens is 2. The van der Waals surface area contributed by atoms with Crippen LogP contribution in [0.4, 0.5) is 5.13 Å². The van der Waals surface area contributed by atoms with Gasteiger partial charge in [0.05, 0.1) is 11.9 Å². The third-order valence-electron chi connectivity index (χ3n) is 4.67. The van der Waals surface area contributed by atoms with Gasteiger partial charge in [0.25, 0.3) is 5.91 Å². The molecule has 0 aliphatic carbocycles. The molecule has 1 unspecified atom stereocenters. The van der Waals surface area contributed by atoms with Crippen molar-refractivity contribution in [1.82, 2.24) is 14.9 Å². The van der Waals surface area contributed by atoms with E-state index in [1.807, 2.05) is 29.2 Å². The molecular weight excluding hydrogens is 384 g/mol. The summed E-state index contributed by atoms with van der Waals surface area (Å²) in [6.45, 7) is 2.48. The molecule has 2 N–H and O–H groups in total. The molecular formula is C19H19ClN4O2S. The third kappa shape index (κ3) is 3.70. The van der Waals surface area contributed by atoms with Gasteiger partial charge >= 0.3 is 0 Å². The minimum Gasteiger partial charge on any atom is -0.443 e. The molecule has 1 amide bonds. The lowest BCUT2D eigenvalue weighted by molar-refractivity contribution is 0.0718. The molecule has 6 nitrogen and oxygen atoms in total. The van der Waals surface area contributed by atoms with Gasteiger partial charge in [-0.3, -0.25) is 4.79 Å². The number of nitrogens with zero attached hydrogens (tertiary/aromatic N) is 3. The number of hydrogen-bond donors (Lipinski definition) is 1. The van der Waals surface area contributed by atoms with Gasteiger partial charge in [0.1, 0.15) is 16.7 Å². The minimum absolute atomic E-state index is 0.0540. The fraction of sp³-hybridized carbons (Fsp3) is 0.316. The Morgan fingerprint density at radius 1 is 1.41 bits per heavy atom. The Morgan fingerprint density at radius 3 is 2.89 bits per heavy atom. The van der Waals surface area contributed by atoms with Crippen LogP contribution < -0.4 is 5.73 Å². The molecule has 1 saturated heterocycles. The second-order valence-corrected chi connectivity index (χ2v) is 8.06. The Bertz CT molecular complexity index is 967. The second-order valence-electron chi connectivity index (χ2n) is 6.59. The van der Waals surface area contributed by atoms with Crippen LogP contribution in [0, 0.1) is 6.92 Å². The van der Waals surface area contributed by atoms with E-state index in [0.29, 0.717) is 39.6 Å². The average Bonchev–Trinajstić information content (AvgIpc) is 3.36. The van der Waals surface area contributed by atoms with Crippen LogP contribution in [0.2, 0.25) is 5.02 Å². The Kier molecular flexibility index (Phi) is 4.88. The number of halogens is 1. The van der Waals surface area contributed by atoms with Crippen LogP contribution in [-0.4, -0.2) is 27.3 Å². The van der Waals surface area contributed by atoms with Gasteiger partial charge < -0.3 is 15.1 Å². The van der Waals surface area contributed by atoms with Crippen molar-refractivity contribution in [2.75, 3.05) is 12.3 Å². The van der Waals surface area contributed by atoms with Crippen molar-refractivity contribution in [2.45, 2.75) is 32.2 Å². The summed E-state index contributed by atoms with van der Waals surface area (Å²) in [6, 6.07) is 7.49. The van der Waals surface area contributed by atoms with Crippen LogP contribution in [-0.2, 0) is 6.42 Å². The summed E-state index contributed by atoms with van der Waals surface area (Å²) in [7, 11) is 0. The molecule has 1 aliphatic rings. The highest BCUT2D eigenvalue weighted by atomic mass is 35.5. The van der Waals surface area contributed by atoms with Crippen molar-refractivity contribution in [1.29, 1.82) is 0 Å². The normalized spacial score (nSPS) is 16.8. The number of carbonyl (C=O) groups is 1. The number of aryl methyl sites for hydroxylation is 1. The van der Waals surface area contributed by atoms with Gasteiger partial charge in [0.15, 0.2) is 5.13 Å². The molecule has 1 fully saturated rings. The summed E-state index contributed by atoms with van der Waals surface area (Å²) in [5, 5.41) is 1.11. The number of amides is 1. The molecule has 4 rings (SSSR count). The van der Waals surface area contributed by atoms with Crippen molar-refractivity contribution >= 4 is 34.0 Å². The third-order valence-corrected chi connectivity index (χ3v) is 5.90. The number of likely N-dealkylation sites (tertiary alicyclic amines) is 1. The SMILES string of the molecule is Cc1nc(N)sc1C(=O)N1CCCC1c1ncc(Cc2ccc(Cl)cc2)o1. The van der Waals surface area contributed by atoms with Crippen molar-refractivity contribution in [3.8, 4) is 0 Å². The fourth-order valence-electron chi connectivity index (χ4n) is 3.37. The van der Waals surface area contributed by atoms with E-state index in [9.17, 15) is 4.79 Å². The highest BCUT2D eigenvalue weighted by Gasteiger charge is 2.35. The number of anilines is 1. The van der Waals surface area contributed by atoms with E-state index in [2.05, 4.69) is 9.97 Å². The van der Waals surface area contributed by atoms with Gasteiger partial charge in [0.2, 0.25) is 5.89 Å². The quantitative estimate of drug-likeness (QED) is 0.705. The Morgan fingerprint density at radius 2 is 2.19 bits per heavy atom. The molecule has 1 atom stereocenters. The first kappa shape index (κ1) is 18.0. The maximum Gasteiger partial charge on any atom is 0.266 e. The molecule has 140 valence electrons. The molecule has 8 heteroatoms. The lowest BCUT2D eigenvalue weighted by Crippen LogP contribution is -2.30. The Labute approximate surface area is 166 Å². The fourth-order valence-corrected chi connectivity index (χ4v) is 4.29. The van der Waals surface area contributed by atoms with Crippen LogP contribution in [0.5, 0.6) is 0 Å². The first-order chi connectivity index (χ1) is 13.0. The summed E-state index contributed by atoms with van der Waals surface area (Å²) in [6.07, 6.45) is 4.12. The van der Waals surface area contributed by atoms with Crippen LogP contribution in [0.25, 0.3) is 0 Å². The molecule has 3 aromatic rings. The highest BCUT2D eigenvalue weighted by molar-refractivity contribution is 7.17. The number of benzene rings is 1. The lowest BCUT2D eigenvalue weighted by atomic mass is 10.1. The molecule has 0 saturated carbocycles. The van der Waals surface area contributed by atoms with Crippen LogP contribution >= 0.6 is 22.9 Å². The van der Waals surface area contributed by atoms with Crippen molar-refractivity contribution < 1.29 is 9.21 Å². The number of oxazole rings is 1. The molecule has 27 heavy (non-hydrogen) atoms. The van der Waals surface area contributed by atoms with Crippen molar-refractivity contribution in [3.63, 3.8) is 0 Å². The smallest absolute Gasteiger partial charge is 0.266 e. The zero-order valence-electron chi connectivity index (χ0n) is 14.8. The molecule has 2 aromatic heterocycles. The monoisotopic (exact) mass is 402 g/mol. The van der Waals surface area contributed by atoms with Crippen LogP contribution in [0.3, 0.4) is 0 Å². The number of thiazole rings is 1. The van der Waals surface area contributed by atoms with Gasteiger partial charge in [-0.1, -0.05) is 35.1 Å². The molecule has 1 aliphatic heterocycles. The Hall–Kier alpha value is -2.38. The van der Waals surface area contributed by atoms with Crippen LogP contribution in [0.15, 0.2) is 34.9 Å². The van der Waals surface area contributed by atoms with Crippen LogP contribution in [0.1, 0.15) is 51.5 Å². The van der Waals surface area contributed by atoms with E-state index in [-0.39, 0.29) is 11.9 Å². The standard InChI is InChI=1S/C19H19ClN4O2S/c1-11-16(27-19(21)23-11)18(25)24-8-2-3-15(24)17-22-10-14(26-17)9-12-4-6-13(20)7-5-12/h4-7,10,15H,2-3,8-9H2,1H3,(H2,21,23). The summed E-state index contributed by atoms with van der Waals surface area (Å²) in [5.41, 5.74) is 7.51. The van der Waals surface area contributed by atoms with Gasteiger partial charge in [-0.15, -0.1) is 0 Å². The zero-order valence-corrected chi connectivity index (χ0v) is 16.4. The van der Waals surface area contributed by atoms with E-state index in [1.54, 1.807) is 13.1 Å². The molecule has 0 spiro atoms. The zero-order chi connectivity index (χ0) is 19.0. The summed E-state index contributed by atoms with van der Waals surface area (Å²) >= 11 is 7.16. The molecule has 3 heterocycles. The maximum absolute atomic E-state index is 13.0. The van der Waals surface area contributed by atoms with Crippen molar-refractivity contribution in [2.24, 2.45) is 0 Å². The van der Waals surface area contributed by atoms with E-state index in [0.717, 1.165) is 24.2 Å². The summed E-state index contributed by atoms with van der Waals surface area (Å²) < 4.78 is 5.98. The van der Waals surface area contributed by atoms with E-state index < -0.39 is 0 Å². The predicted octanol–water partition coefficient (Wildman–Crippen LogP) is 4.24. The first-order valence-electron chi connectivity index (χ1n) is 8.74. The highest BCUT2D eigenvalue weighted by Crippen LogP contribution is 2.34. The summed E-state index contributed by atoms with van der Waals surface area (Å²) in [4.78, 5) is 24.0. The van der Waals surface area contributed by atoms with Gasteiger partial charge in [-0.2, -0.15) is 0 Å². The minimum atomic E-state index is -0.154. The lowest BCUT2D eigenvalue weighted by Gasteiger charge is -2.21. The number of hydrogen-bond acceptors (Lipinski definition) is 6. The molecule has 0 bridgehead atoms. The number of nitrogens with two attached hydrogens (primary N) is 1. The number of carbonyl (C=O) groups excluding carboxylic acids is 1. The average molecular weight is 403 g/mol. The summed E-state index contributed by atoms with van der Waals surface area (Å²) in [5.74, 6) is 1.30. The maximum atomic E-state index is 13.0. The van der Waals surface area contributed by atoms with E-state index in [1.165, 1.54) is 11.3 Å². The first-order valence-corrected chi connectivity index (χ1v) is 9.93. The second kappa shape index (κ2) is 7.32. The topological polar surface area (TPSA) is 85.2 Å². The largest absolute Gasteiger partial charge is 0.443 e. The number of nitrogen functional groups attached to an aromatic ring is 1. The number of rotatable bonds is 4. The van der Waals surface area contributed by atoms with Gasteiger partial charge in [-0.25, -0.2) is 9.97 Å². The predicted molar refractivity (Wildman–Crippen MR) is 105 cm³/mol. The van der Waals surface area contributed by atoms with E-state index >= 15 is 0 Å².